The average Bonchev–Trinajstić information content (AvgIpc) is 3.23. The number of carbonyl (C=O) groups is 3. The van der Waals surface area contributed by atoms with Crippen molar-refractivity contribution >= 4 is 40.2 Å². The molecule has 1 amide bonds. The van der Waals surface area contributed by atoms with Gasteiger partial charge in [-0.25, -0.2) is 9.37 Å². The molecule has 1 saturated heterocycles. The number of aromatic nitrogens is 2. The standard InChI is InChI=1S/C24H23ClFN3O4/c25-22-11-16-9-19(28-20(16)12-27-22)21(30)10-17(8-14-3-5-18(26)6-4-14)23(31)29-7-1-2-15(13-29)24(32)33/h3-6,9,11-12,15,17,28H,1-2,7-8,10,13H2,(H,32,33)/t15?,17-/m1/s1. The summed E-state index contributed by atoms with van der Waals surface area (Å²) in [5, 5.41) is 10.4. The van der Waals surface area contributed by atoms with Gasteiger partial charge in [-0.3, -0.25) is 14.4 Å². The fourth-order valence-corrected chi connectivity index (χ4v) is 4.44. The number of pyridine rings is 1. The molecule has 0 radical (unpaired) electrons. The highest BCUT2D eigenvalue weighted by Crippen LogP contribution is 2.25. The topological polar surface area (TPSA) is 103 Å². The number of aromatic amines is 1. The van der Waals surface area contributed by atoms with Gasteiger partial charge < -0.3 is 15.0 Å². The first-order valence-electron chi connectivity index (χ1n) is 10.7. The number of halogens is 2. The lowest BCUT2D eigenvalue weighted by Crippen LogP contribution is -2.45. The first-order valence-corrected chi connectivity index (χ1v) is 11.1. The molecular weight excluding hydrogens is 449 g/mol. The lowest BCUT2D eigenvalue weighted by Gasteiger charge is -2.33. The Balaban J connectivity index is 1.57. The predicted octanol–water partition coefficient (Wildman–Crippen LogP) is 4.11. The van der Waals surface area contributed by atoms with Crippen molar-refractivity contribution in [1.29, 1.82) is 0 Å². The monoisotopic (exact) mass is 471 g/mol. The Kier molecular flexibility index (Phi) is 6.74. The zero-order valence-electron chi connectivity index (χ0n) is 17.8. The number of benzene rings is 1. The van der Waals surface area contributed by atoms with Crippen LogP contribution in [0.2, 0.25) is 5.15 Å². The van der Waals surface area contributed by atoms with Gasteiger partial charge in [0.05, 0.1) is 23.3 Å². The fourth-order valence-electron chi connectivity index (χ4n) is 4.28. The molecule has 7 nitrogen and oxygen atoms in total. The highest BCUT2D eigenvalue weighted by atomic mass is 35.5. The van der Waals surface area contributed by atoms with E-state index in [-0.39, 0.29) is 36.9 Å². The minimum atomic E-state index is -0.927. The third-order valence-corrected chi connectivity index (χ3v) is 6.24. The van der Waals surface area contributed by atoms with Crippen molar-refractivity contribution in [1.82, 2.24) is 14.9 Å². The Morgan fingerprint density at radius 2 is 2.00 bits per heavy atom. The van der Waals surface area contributed by atoms with E-state index in [2.05, 4.69) is 9.97 Å². The molecule has 0 saturated carbocycles. The van der Waals surface area contributed by atoms with Crippen molar-refractivity contribution in [3.05, 3.63) is 64.8 Å². The summed E-state index contributed by atoms with van der Waals surface area (Å²) in [5.41, 5.74) is 1.72. The quantitative estimate of drug-likeness (QED) is 0.398. The van der Waals surface area contributed by atoms with Gasteiger partial charge in [0.1, 0.15) is 11.0 Å². The molecule has 1 fully saturated rings. The number of H-pyrrole nitrogens is 1. The first-order chi connectivity index (χ1) is 15.8. The maximum atomic E-state index is 13.4. The molecule has 9 heteroatoms. The molecule has 1 aliphatic rings. The summed E-state index contributed by atoms with van der Waals surface area (Å²) in [7, 11) is 0. The second kappa shape index (κ2) is 9.70. The second-order valence-corrected chi connectivity index (χ2v) is 8.78. The zero-order valence-corrected chi connectivity index (χ0v) is 18.5. The number of nitrogens with one attached hydrogen (secondary N) is 1. The van der Waals surface area contributed by atoms with Crippen molar-refractivity contribution in [2.45, 2.75) is 25.7 Å². The van der Waals surface area contributed by atoms with Crippen LogP contribution in [-0.4, -0.2) is 50.7 Å². The third-order valence-electron chi connectivity index (χ3n) is 6.03. The zero-order chi connectivity index (χ0) is 23.5. The summed E-state index contributed by atoms with van der Waals surface area (Å²) < 4.78 is 13.3. The van der Waals surface area contributed by atoms with E-state index in [1.807, 2.05) is 0 Å². The Labute approximate surface area is 194 Å². The number of rotatable bonds is 7. The molecule has 172 valence electrons. The molecule has 0 aliphatic carbocycles. The number of hydrogen-bond donors (Lipinski definition) is 2. The largest absolute Gasteiger partial charge is 0.481 e. The summed E-state index contributed by atoms with van der Waals surface area (Å²) in [6.07, 6.45) is 2.82. The number of nitrogens with zero attached hydrogens (tertiary/aromatic N) is 2. The van der Waals surface area contributed by atoms with Crippen LogP contribution in [-0.2, 0) is 16.0 Å². The van der Waals surface area contributed by atoms with E-state index in [0.717, 1.165) is 10.9 Å². The number of carbonyl (C=O) groups excluding carboxylic acids is 2. The number of piperidine rings is 1. The van der Waals surface area contributed by atoms with E-state index >= 15 is 0 Å². The highest BCUT2D eigenvalue weighted by molar-refractivity contribution is 6.30. The Hall–Kier alpha value is -3.26. The molecule has 2 N–H and O–H groups in total. The number of ketones is 1. The minimum absolute atomic E-state index is 0.0710. The molecule has 3 aromatic rings. The van der Waals surface area contributed by atoms with Crippen LogP contribution in [0.3, 0.4) is 0 Å². The van der Waals surface area contributed by atoms with E-state index < -0.39 is 17.8 Å². The Morgan fingerprint density at radius 1 is 1.24 bits per heavy atom. The van der Waals surface area contributed by atoms with Gasteiger partial charge >= 0.3 is 5.97 Å². The lowest BCUT2D eigenvalue weighted by molar-refractivity contribution is -0.146. The minimum Gasteiger partial charge on any atom is -0.481 e. The number of aliphatic carboxylic acids is 1. The number of Topliss-reactive ketones (excluding diaryl/α,β-unsaturated/α-hetero) is 1. The van der Waals surface area contributed by atoms with Crippen LogP contribution >= 0.6 is 11.6 Å². The third kappa shape index (κ3) is 5.39. The van der Waals surface area contributed by atoms with Gasteiger partial charge in [-0.15, -0.1) is 0 Å². The van der Waals surface area contributed by atoms with Crippen LogP contribution in [0.5, 0.6) is 0 Å². The molecule has 2 aromatic heterocycles. The summed E-state index contributed by atoms with van der Waals surface area (Å²) in [4.78, 5) is 46.5. The fraction of sp³-hybridized carbons (Fsp3) is 0.333. The highest BCUT2D eigenvalue weighted by Gasteiger charge is 2.33. The number of amides is 1. The SMILES string of the molecule is O=C(C[C@@H](Cc1ccc(F)cc1)C(=O)N1CCCC(C(=O)O)C1)c1cc2cc(Cl)ncc2[nH]1. The van der Waals surface area contributed by atoms with Crippen LogP contribution in [0.25, 0.3) is 10.9 Å². The summed E-state index contributed by atoms with van der Waals surface area (Å²) >= 11 is 5.93. The lowest BCUT2D eigenvalue weighted by atomic mass is 9.90. The molecule has 3 heterocycles. The van der Waals surface area contributed by atoms with Crippen LogP contribution in [0.15, 0.2) is 42.6 Å². The van der Waals surface area contributed by atoms with Gasteiger partial charge in [-0.2, -0.15) is 0 Å². The van der Waals surface area contributed by atoms with Crippen molar-refractivity contribution in [3.8, 4) is 0 Å². The van der Waals surface area contributed by atoms with Crippen molar-refractivity contribution in [3.63, 3.8) is 0 Å². The van der Waals surface area contributed by atoms with Gasteiger partial charge in [-0.05, 0) is 49.1 Å². The van der Waals surface area contributed by atoms with E-state index in [0.29, 0.717) is 35.8 Å². The number of fused-ring (bicyclic) bond motifs is 1. The van der Waals surface area contributed by atoms with Gasteiger partial charge in [0, 0.05) is 30.8 Å². The molecule has 0 bridgehead atoms. The Bertz CT molecular complexity index is 1190. The number of carboxylic acid groups (broad SMARTS) is 1. The second-order valence-electron chi connectivity index (χ2n) is 8.39. The van der Waals surface area contributed by atoms with Crippen LogP contribution in [0, 0.1) is 17.7 Å². The van der Waals surface area contributed by atoms with Crippen molar-refractivity contribution in [2.24, 2.45) is 11.8 Å². The molecule has 2 atom stereocenters. The number of carboxylic acids is 1. The van der Waals surface area contributed by atoms with Crippen LogP contribution in [0.1, 0.15) is 35.3 Å². The molecule has 0 spiro atoms. The molecule has 1 aromatic carbocycles. The molecule has 1 aliphatic heterocycles. The average molecular weight is 472 g/mol. The molecule has 4 rings (SSSR count). The van der Waals surface area contributed by atoms with E-state index in [1.54, 1.807) is 29.2 Å². The predicted molar refractivity (Wildman–Crippen MR) is 121 cm³/mol. The molecule has 33 heavy (non-hydrogen) atoms. The van der Waals surface area contributed by atoms with Gasteiger partial charge in [0.25, 0.3) is 0 Å². The van der Waals surface area contributed by atoms with Crippen molar-refractivity contribution in [2.75, 3.05) is 13.1 Å². The summed E-state index contributed by atoms with van der Waals surface area (Å²) in [5.74, 6) is -3.15. The summed E-state index contributed by atoms with van der Waals surface area (Å²) in [6, 6.07) is 9.12. The van der Waals surface area contributed by atoms with Crippen molar-refractivity contribution < 1.29 is 23.9 Å². The number of hydrogen-bond acceptors (Lipinski definition) is 4. The van der Waals surface area contributed by atoms with Gasteiger partial charge in [-0.1, -0.05) is 23.7 Å². The van der Waals surface area contributed by atoms with Gasteiger partial charge in [0.15, 0.2) is 5.78 Å². The number of likely N-dealkylation sites (tertiary alicyclic amines) is 1. The maximum absolute atomic E-state index is 13.4. The maximum Gasteiger partial charge on any atom is 0.308 e. The van der Waals surface area contributed by atoms with E-state index in [1.165, 1.54) is 18.3 Å². The van der Waals surface area contributed by atoms with E-state index in [9.17, 15) is 23.9 Å². The van der Waals surface area contributed by atoms with Crippen LogP contribution < -0.4 is 0 Å². The summed E-state index contributed by atoms with van der Waals surface area (Å²) in [6.45, 7) is 0.576. The van der Waals surface area contributed by atoms with Crippen LogP contribution in [0.4, 0.5) is 4.39 Å². The normalized spacial score (nSPS) is 17.2. The molecule has 1 unspecified atom stereocenters. The van der Waals surface area contributed by atoms with Gasteiger partial charge in [0.2, 0.25) is 5.91 Å². The smallest absolute Gasteiger partial charge is 0.308 e. The van der Waals surface area contributed by atoms with E-state index in [4.69, 9.17) is 11.6 Å². The molecular formula is C24H23ClFN3O4. The Morgan fingerprint density at radius 3 is 2.73 bits per heavy atom. The first kappa shape index (κ1) is 22.9.